The number of nitrogens with zero attached hydrogens (tertiary/aromatic N) is 2. The van der Waals surface area contributed by atoms with Crippen molar-refractivity contribution in [1.29, 1.82) is 0 Å². The van der Waals surface area contributed by atoms with Gasteiger partial charge in [-0.3, -0.25) is 9.78 Å². The maximum absolute atomic E-state index is 13.7. The van der Waals surface area contributed by atoms with Crippen LogP contribution < -0.4 is 21.3 Å². The average Bonchev–Trinajstić information content (AvgIpc) is 2.92. The summed E-state index contributed by atoms with van der Waals surface area (Å²) in [4.78, 5) is 19.4. The number of carbonyl (C=O) groups is 1. The first-order valence-corrected chi connectivity index (χ1v) is 13.8. The van der Waals surface area contributed by atoms with Crippen LogP contribution in [-0.2, 0) is 11.3 Å². The maximum atomic E-state index is 13.7. The second kappa shape index (κ2) is 15.0. The molecule has 4 N–H and O–H groups in total. The number of pyridine rings is 1. The second-order valence-electron chi connectivity index (χ2n) is 10.6. The molecule has 0 atom stereocenters. The van der Waals surface area contributed by atoms with Gasteiger partial charge in [0.25, 0.3) is 5.91 Å². The number of ether oxygens (including phenoxy) is 1. The van der Waals surface area contributed by atoms with E-state index in [1.165, 1.54) is 6.07 Å². The smallest absolute Gasteiger partial charge is 0.274 e. The molecule has 0 saturated heterocycles. The molecule has 8 nitrogen and oxygen atoms in total. The molecule has 0 spiro atoms. The lowest BCUT2D eigenvalue weighted by Crippen LogP contribution is -2.29. The molecular weight excluding hydrogens is 538 g/mol. The van der Waals surface area contributed by atoms with Crippen molar-refractivity contribution < 1.29 is 18.3 Å². The lowest BCUT2D eigenvalue weighted by Gasteiger charge is -2.28. The van der Waals surface area contributed by atoms with Gasteiger partial charge in [-0.05, 0) is 82.8 Å². The molecule has 0 aliphatic carbocycles. The van der Waals surface area contributed by atoms with Crippen LogP contribution in [0.5, 0.6) is 0 Å². The zero-order valence-electron chi connectivity index (χ0n) is 24.7. The minimum absolute atomic E-state index is 0.246. The number of nitrogens with one attached hydrogen (secondary N) is 4. The molecule has 1 amide bonds. The van der Waals surface area contributed by atoms with Gasteiger partial charge in [0.2, 0.25) is 0 Å². The van der Waals surface area contributed by atoms with Crippen LogP contribution in [0, 0.1) is 11.6 Å². The Hall–Kier alpha value is -4.44. The molecule has 42 heavy (non-hydrogen) atoms. The van der Waals surface area contributed by atoms with Crippen molar-refractivity contribution in [2.75, 3.05) is 35.6 Å². The van der Waals surface area contributed by atoms with Crippen molar-refractivity contribution in [3.05, 3.63) is 109 Å². The summed E-state index contributed by atoms with van der Waals surface area (Å²) < 4.78 is 32.8. The Labute approximate surface area is 246 Å². The van der Waals surface area contributed by atoms with E-state index >= 15 is 0 Å². The van der Waals surface area contributed by atoms with Crippen molar-refractivity contribution in [1.82, 2.24) is 15.2 Å². The van der Waals surface area contributed by atoms with Crippen LogP contribution in [0.15, 0.2) is 85.7 Å². The van der Waals surface area contributed by atoms with Crippen LogP contribution in [-0.4, -0.2) is 41.0 Å². The van der Waals surface area contributed by atoms with Crippen LogP contribution in [0.1, 0.15) is 50.2 Å². The monoisotopic (exact) mass is 578 g/mol. The van der Waals surface area contributed by atoms with Crippen LogP contribution >= 0.6 is 0 Å². The third-order valence-electron chi connectivity index (χ3n) is 5.93. The van der Waals surface area contributed by atoms with Crippen molar-refractivity contribution in [3.8, 4) is 0 Å². The first-order chi connectivity index (χ1) is 19.9. The van der Waals surface area contributed by atoms with Crippen molar-refractivity contribution in [2.24, 2.45) is 0 Å². The summed E-state index contributed by atoms with van der Waals surface area (Å²) in [7, 11) is 0. The number of carbonyl (C=O) groups excluding carboxylic acids is 1. The first-order valence-electron chi connectivity index (χ1n) is 13.8. The molecule has 0 unspecified atom stereocenters. The molecule has 224 valence electrons. The number of hydrogen-bond donors (Lipinski definition) is 4. The number of aromatic nitrogens is 1. The zero-order chi connectivity index (χ0) is 30.7. The molecule has 10 heteroatoms. The molecule has 0 aliphatic rings. The second-order valence-corrected chi connectivity index (χ2v) is 10.6. The Kier molecular flexibility index (Phi) is 11.4. The van der Waals surface area contributed by atoms with E-state index in [-0.39, 0.29) is 11.6 Å². The lowest BCUT2D eigenvalue weighted by molar-refractivity contribution is 0.0565. The number of rotatable bonds is 15. The standard InChI is InChI=1S/C32H40F2N6O2/c1-7-35-17-10-18-40(22(2)37-25-14-15-26(33)27(34)19-25)21-24-13-16-30(36-20-24)31(41)39-29-12-9-8-11-28(29)38-23(3)42-32(4,5)6/h8-9,11-16,19-20,35,37-38H,2-3,7,10,17-18,21H2,1,4-6H3,(H,39,41). The molecule has 0 fully saturated rings. The fraction of sp³-hybridized carbons (Fsp3) is 0.312. The predicted octanol–water partition coefficient (Wildman–Crippen LogP) is 6.70. The minimum Gasteiger partial charge on any atom is -0.474 e. The number of halogens is 2. The largest absolute Gasteiger partial charge is 0.474 e. The topological polar surface area (TPSA) is 90.5 Å². The van der Waals surface area contributed by atoms with Gasteiger partial charge in [-0.1, -0.05) is 31.7 Å². The van der Waals surface area contributed by atoms with E-state index in [4.69, 9.17) is 4.74 Å². The van der Waals surface area contributed by atoms with E-state index in [9.17, 15) is 13.6 Å². The van der Waals surface area contributed by atoms with Crippen LogP contribution in [0.2, 0.25) is 0 Å². The number of hydrogen-bond acceptors (Lipinski definition) is 7. The van der Waals surface area contributed by atoms with E-state index in [0.717, 1.165) is 37.2 Å². The lowest BCUT2D eigenvalue weighted by atomic mass is 10.2. The average molecular weight is 579 g/mol. The van der Waals surface area contributed by atoms with Crippen LogP contribution in [0.4, 0.5) is 25.8 Å². The SMILES string of the molecule is C=C(Nc1ccccc1NC(=O)c1ccc(CN(CCCNCC)C(=C)Nc2ccc(F)c(F)c2)cn1)OC(C)(C)C. The highest BCUT2D eigenvalue weighted by Crippen LogP contribution is 2.25. The molecule has 0 saturated carbocycles. The highest BCUT2D eigenvalue weighted by Gasteiger charge is 2.16. The number of anilines is 3. The van der Waals surface area contributed by atoms with E-state index in [0.29, 0.717) is 41.9 Å². The molecular formula is C32H40F2N6O2. The van der Waals surface area contributed by atoms with E-state index < -0.39 is 17.2 Å². The van der Waals surface area contributed by atoms with Gasteiger partial charge in [0.1, 0.15) is 11.3 Å². The highest BCUT2D eigenvalue weighted by atomic mass is 19.2. The van der Waals surface area contributed by atoms with Gasteiger partial charge < -0.3 is 30.9 Å². The quantitative estimate of drug-likeness (QED) is 0.118. The summed E-state index contributed by atoms with van der Waals surface area (Å²) in [6.45, 7) is 18.6. The Morgan fingerprint density at radius 1 is 0.976 bits per heavy atom. The Morgan fingerprint density at radius 3 is 2.31 bits per heavy atom. The van der Waals surface area contributed by atoms with E-state index in [2.05, 4.69) is 39.4 Å². The Balaban J connectivity index is 1.67. The number of benzene rings is 2. The van der Waals surface area contributed by atoms with Crippen LogP contribution in [0.25, 0.3) is 0 Å². The molecule has 0 aliphatic heterocycles. The molecule has 1 aromatic heterocycles. The van der Waals surface area contributed by atoms with Gasteiger partial charge in [-0.25, -0.2) is 8.78 Å². The fourth-order valence-electron chi connectivity index (χ4n) is 4.01. The zero-order valence-corrected chi connectivity index (χ0v) is 24.7. The van der Waals surface area contributed by atoms with Gasteiger partial charge in [0.05, 0.1) is 17.2 Å². The third kappa shape index (κ3) is 10.2. The van der Waals surface area contributed by atoms with E-state index in [1.54, 1.807) is 18.3 Å². The predicted molar refractivity (Wildman–Crippen MR) is 165 cm³/mol. The summed E-state index contributed by atoms with van der Waals surface area (Å²) in [6.07, 6.45) is 2.47. The number of amides is 1. The van der Waals surface area contributed by atoms with Gasteiger partial charge >= 0.3 is 0 Å². The Bertz CT molecular complexity index is 1370. The molecule has 3 aromatic rings. The maximum Gasteiger partial charge on any atom is 0.274 e. The molecule has 0 bridgehead atoms. The van der Waals surface area contributed by atoms with Crippen molar-refractivity contribution >= 4 is 23.0 Å². The Morgan fingerprint density at radius 2 is 1.69 bits per heavy atom. The summed E-state index contributed by atoms with van der Waals surface area (Å²) in [5, 5.41) is 12.3. The summed E-state index contributed by atoms with van der Waals surface area (Å²) in [5.74, 6) is -1.33. The van der Waals surface area contributed by atoms with Gasteiger partial charge in [0, 0.05) is 31.0 Å². The molecule has 2 aromatic carbocycles. The summed E-state index contributed by atoms with van der Waals surface area (Å²) >= 11 is 0. The minimum atomic E-state index is -0.939. The summed E-state index contributed by atoms with van der Waals surface area (Å²) in [6, 6.07) is 14.3. The molecule has 1 heterocycles. The third-order valence-corrected chi connectivity index (χ3v) is 5.93. The van der Waals surface area contributed by atoms with E-state index in [1.807, 2.05) is 56.9 Å². The fourth-order valence-corrected chi connectivity index (χ4v) is 4.01. The number of para-hydroxylation sites is 2. The summed E-state index contributed by atoms with van der Waals surface area (Å²) in [5.41, 5.74) is 2.26. The van der Waals surface area contributed by atoms with Crippen molar-refractivity contribution in [3.63, 3.8) is 0 Å². The first kappa shape index (κ1) is 32.1. The van der Waals surface area contributed by atoms with Gasteiger partial charge in [-0.2, -0.15) is 0 Å². The van der Waals surface area contributed by atoms with Gasteiger partial charge in [0.15, 0.2) is 17.5 Å². The van der Waals surface area contributed by atoms with Crippen LogP contribution in [0.3, 0.4) is 0 Å². The highest BCUT2D eigenvalue weighted by molar-refractivity contribution is 6.04. The van der Waals surface area contributed by atoms with Gasteiger partial charge in [-0.15, -0.1) is 0 Å². The normalized spacial score (nSPS) is 11.0. The molecule has 3 rings (SSSR count). The molecule has 0 radical (unpaired) electrons. The van der Waals surface area contributed by atoms with Crippen molar-refractivity contribution in [2.45, 2.75) is 46.3 Å².